The number of anilines is 1. The highest BCUT2D eigenvalue weighted by atomic mass is 35.5. The largest absolute Gasteiger partial charge is 0.347 e. The first-order chi connectivity index (χ1) is 13.5. The van der Waals surface area contributed by atoms with E-state index in [1.807, 2.05) is 18.2 Å². The zero-order chi connectivity index (χ0) is 19.7. The molecular formula is C19H20ClN5O2S. The molecule has 1 aliphatic rings. The number of carbonyl (C=O) groups excluding carboxylic acids is 1. The normalized spacial score (nSPS) is 15.1. The summed E-state index contributed by atoms with van der Waals surface area (Å²) < 4.78 is 1.46. The van der Waals surface area contributed by atoms with E-state index in [9.17, 15) is 9.59 Å². The SMILES string of the molecule is CC1CCN(c2nn3c(C(=O)NCc4ccccc4Cl)cc(=O)nc3s2)CC1. The zero-order valence-corrected chi connectivity index (χ0v) is 17.0. The van der Waals surface area contributed by atoms with Crippen molar-refractivity contribution in [2.75, 3.05) is 18.0 Å². The molecule has 0 aliphatic carbocycles. The van der Waals surface area contributed by atoms with Crippen LogP contribution in [0.15, 0.2) is 35.1 Å². The monoisotopic (exact) mass is 417 g/mol. The summed E-state index contributed by atoms with van der Waals surface area (Å²) >= 11 is 7.47. The fraction of sp³-hybridized carbons (Fsp3) is 0.368. The predicted molar refractivity (Wildman–Crippen MR) is 110 cm³/mol. The molecule has 9 heteroatoms. The van der Waals surface area contributed by atoms with Gasteiger partial charge in [0.05, 0.1) is 0 Å². The Kier molecular flexibility index (Phi) is 5.32. The first kappa shape index (κ1) is 18.9. The Bertz CT molecular complexity index is 1070. The molecule has 0 atom stereocenters. The fourth-order valence-corrected chi connectivity index (χ4v) is 4.36. The maximum Gasteiger partial charge on any atom is 0.274 e. The molecule has 2 aromatic heterocycles. The maximum absolute atomic E-state index is 12.7. The summed E-state index contributed by atoms with van der Waals surface area (Å²) in [7, 11) is 0. The van der Waals surface area contributed by atoms with Gasteiger partial charge in [-0.25, -0.2) is 0 Å². The van der Waals surface area contributed by atoms with Crippen LogP contribution in [0.2, 0.25) is 5.02 Å². The number of piperidine rings is 1. The molecule has 146 valence electrons. The van der Waals surface area contributed by atoms with Gasteiger partial charge in [-0.1, -0.05) is 48.1 Å². The minimum Gasteiger partial charge on any atom is -0.347 e. The number of aromatic nitrogens is 3. The summed E-state index contributed by atoms with van der Waals surface area (Å²) in [6, 6.07) is 8.52. The minimum atomic E-state index is -0.453. The average Bonchev–Trinajstić information content (AvgIpc) is 3.10. The van der Waals surface area contributed by atoms with Crippen LogP contribution in [0.1, 0.15) is 35.8 Å². The molecule has 1 N–H and O–H groups in total. The predicted octanol–water partition coefficient (Wildman–Crippen LogP) is 2.97. The van der Waals surface area contributed by atoms with Crippen LogP contribution in [0, 0.1) is 5.92 Å². The second kappa shape index (κ2) is 7.89. The molecule has 0 unspecified atom stereocenters. The molecule has 0 radical (unpaired) electrons. The number of rotatable bonds is 4. The third-order valence-electron chi connectivity index (χ3n) is 4.93. The molecule has 0 bridgehead atoms. The van der Waals surface area contributed by atoms with Gasteiger partial charge in [0.25, 0.3) is 11.5 Å². The van der Waals surface area contributed by atoms with Crippen LogP contribution in [0.5, 0.6) is 0 Å². The van der Waals surface area contributed by atoms with Gasteiger partial charge in [0.2, 0.25) is 10.1 Å². The second-order valence-corrected chi connectivity index (χ2v) is 8.34. The van der Waals surface area contributed by atoms with E-state index < -0.39 is 11.5 Å². The zero-order valence-electron chi connectivity index (χ0n) is 15.4. The van der Waals surface area contributed by atoms with Gasteiger partial charge in [-0.15, -0.1) is 5.10 Å². The van der Waals surface area contributed by atoms with Gasteiger partial charge in [-0.05, 0) is 30.4 Å². The summed E-state index contributed by atoms with van der Waals surface area (Å²) in [5.41, 5.74) is 0.525. The van der Waals surface area contributed by atoms with Gasteiger partial charge < -0.3 is 10.2 Å². The molecule has 1 saturated heterocycles. The number of halogens is 1. The van der Waals surface area contributed by atoms with Crippen LogP contribution in [-0.4, -0.2) is 33.6 Å². The Morgan fingerprint density at radius 2 is 2.07 bits per heavy atom. The molecule has 0 spiro atoms. The number of nitrogens with zero attached hydrogens (tertiary/aromatic N) is 4. The van der Waals surface area contributed by atoms with Crippen molar-refractivity contribution >= 4 is 38.9 Å². The molecule has 7 nitrogen and oxygen atoms in total. The molecule has 28 heavy (non-hydrogen) atoms. The standard InChI is InChI=1S/C19H20ClN5O2S/c1-12-6-8-24(9-7-12)19-23-25-15(10-16(26)22-18(25)28-19)17(27)21-11-13-4-2-3-5-14(13)20/h2-5,10,12H,6-9,11H2,1H3,(H,21,27). The summed E-state index contributed by atoms with van der Waals surface area (Å²) in [5, 5.41) is 8.74. The number of hydrogen-bond acceptors (Lipinski definition) is 6. The van der Waals surface area contributed by atoms with Crippen molar-refractivity contribution in [2.45, 2.75) is 26.3 Å². The highest BCUT2D eigenvalue weighted by molar-refractivity contribution is 7.20. The lowest BCUT2D eigenvalue weighted by atomic mass is 10.00. The van der Waals surface area contributed by atoms with E-state index in [4.69, 9.17) is 11.6 Å². The van der Waals surface area contributed by atoms with E-state index in [-0.39, 0.29) is 12.2 Å². The number of amides is 1. The van der Waals surface area contributed by atoms with Crippen molar-refractivity contribution in [3.05, 3.63) is 57.0 Å². The second-order valence-electron chi connectivity index (χ2n) is 7.00. The molecule has 1 amide bonds. The number of benzene rings is 1. The van der Waals surface area contributed by atoms with E-state index >= 15 is 0 Å². The molecule has 0 saturated carbocycles. The van der Waals surface area contributed by atoms with Crippen molar-refractivity contribution < 1.29 is 4.79 Å². The van der Waals surface area contributed by atoms with Gasteiger partial charge >= 0.3 is 0 Å². The van der Waals surface area contributed by atoms with Gasteiger partial charge in [0.1, 0.15) is 5.69 Å². The number of hydrogen-bond donors (Lipinski definition) is 1. The molecule has 1 aliphatic heterocycles. The van der Waals surface area contributed by atoms with Crippen molar-refractivity contribution in [1.29, 1.82) is 0 Å². The maximum atomic E-state index is 12.7. The molecule has 1 aromatic carbocycles. The van der Waals surface area contributed by atoms with Crippen LogP contribution in [-0.2, 0) is 6.54 Å². The lowest BCUT2D eigenvalue weighted by Gasteiger charge is -2.29. The van der Waals surface area contributed by atoms with E-state index in [2.05, 4.69) is 27.2 Å². The topological polar surface area (TPSA) is 79.6 Å². The lowest BCUT2D eigenvalue weighted by Crippen LogP contribution is -2.32. The van der Waals surface area contributed by atoms with Gasteiger partial charge in [0, 0.05) is 30.7 Å². The van der Waals surface area contributed by atoms with Crippen LogP contribution >= 0.6 is 22.9 Å². The molecule has 1 fully saturated rings. The van der Waals surface area contributed by atoms with E-state index in [0.717, 1.165) is 36.6 Å². The van der Waals surface area contributed by atoms with E-state index in [0.29, 0.717) is 15.9 Å². The number of fused-ring (bicyclic) bond motifs is 1. The first-order valence-electron chi connectivity index (χ1n) is 9.19. The Morgan fingerprint density at radius 1 is 1.32 bits per heavy atom. The van der Waals surface area contributed by atoms with Crippen molar-refractivity contribution in [3.63, 3.8) is 0 Å². The van der Waals surface area contributed by atoms with E-state index in [1.54, 1.807) is 6.07 Å². The third-order valence-corrected chi connectivity index (χ3v) is 6.27. The molecule has 3 heterocycles. The Balaban J connectivity index is 1.60. The minimum absolute atomic E-state index is 0.176. The van der Waals surface area contributed by atoms with E-state index in [1.165, 1.54) is 21.9 Å². The highest BCUT2D eigenvalue weighted by Gasteiger charge is 2.22. The number of nitrogens with one attached hydrogen (secondary N) is 1. The van der Waals surface area contributed by atoms with Crippen molar-refractivity contribution in [2.24, 2.45) is 5.92 Å². The lowest BCUT2D eigenvalue weighted by molar-refractivity contribution is 0.0943. The third kappa shape index (κ3) is 3.88. The Hall–Kier alpha value is -2.45. The molecular weight excluding hydrogens is 398 g/mol. The summed E-state index contributed by atoms with van der Waals surface area (Å²) in [4.78, 5) is 31.4. The van der Waals surface area contributed by atoms with Crippen LogP contribution in [0.25, 0.3) is 4.96 Å². The van der Waals surface area contributed by atoms with Gasteiger partial charge in [0.15, 0.2) is 0 Å². The van der Waals surface area contributed by atoms with Crippen LogP contribution in [0.4, 0.5) is 5.13 Å². The van der Waals surface area contributed by atoms with Crippen LogP contribution < -0.4 is 15.8 Å². The first-order valence-corrected chi connectivity index (χ1v) is 10.4. The summed E-state index contributed by atoms with van der Waals surface area (Å²) in [6.07, 6.45) is 2.21. The fourth-order valence-electron chi connectivity index (χ4n) is 3.20. The quantitative estimate of drug-likeness (QED) is 0.705. The average molecular weight is 418 g/mol. The highest BCUT2D eigenvalue weighted by Crippen LogP contribution is 2.27. The summed E-state index contributed by atoms with van der Waals surface area (Å²) in [6.45, 7) is 4.34. The summed E-state index contributed by atoms with van der Waals surface area (Å²) in [5.74, 6) is 0.314. The van der Waals surface area contributed by atoms with Crippen LogP contribution in [0.3, 0.4) is 0 Å². The van der Waals surface area contributed by atoms with Crippen molar-refractivity contribution in [3.8, 4) is 0 Å². The Labute approximate surface area is 171 Å². The number of carbonyl (C=O) groups is 1. The smallest absolute Gasteiger partial charge is 0.274 e. The Morgan fingerprint density at radius 3 is 2.82 bits per heavy atom. The van der Waals surface area contributed by atoms with Crippen molar-refractivity contribution in [1.82, 2.24) is 19.9 Å². The molecule has 3 aromatic rings. The van der Waals surface area contributed by atoms with Gasteiger partial charge in [-0.2, -0.15) is 9.50 Å². The van der Waals surface area contributed by atoms with Gasteiger partial charge in [-0.3, -0.25) is 9.59 Å². The molecule has 4 rings (SSSR count).